The first-order valence-corrected chi connectivity index (χ1v) is 6.17. The second-order valence-electron chi connectivity index (χ2n) is 5.61. The van der Waals surface area contributed by atoms with Crippen molar-refractivity contribution < 1.29 is 19.6 Å². The van der Waals surface area contributed by atoms with Gasteiger partial charge >= 0.3 is 7.12 Å². The lowest BCUT2D eigenvalue weighted by atomic mass is 9.79. The van der Waals surface area contributed by atoms with Gasteiger partial charge in [-0.3, -0.25) is 0 Å². The van der Waals surface area contributed by atoms with Crippen molar-refractivity contribution in [1.82, 2.24) is 0 Å². The van der Waals surface area contributed by atoms with E-state index in [0.717, 1.165) is 11.2 Å². The molecule has 5 heteroatoms. The molecule has 1 aliphatic rings. The highest BCUT2D eigenvalue weighted by Crippen LogP contribution is 2.36. The zero-order valence-corrected chi connectivity index (χ0v) is 11.7. The van der Waals surface area contributed by atoms with Crippen LogP contribution >= 0.6 is 0 Å². The summed E-state index contributed by atoms with van der Waals surface area (Å²) in [6.45, 7) is 8.22. The zero-order chi connectivity index (χ0) is 13.4. The van der Waals surface area contributed by atoms with Crippen molar-refractivity contribution in [2.75, 3.05) is 7.11 Å². The molecule has 1 aromatic rings. The average molecular weight is 250 g/mol. The molecule has 4 nitrogen and oxygen atoms in total. The minimum Gasteiger partial charge on any atom is -0.399 e. The molecule has 2 N–H and O–H groups in total. The SMILES string of the molecule is CO[NH2+]c1ccc(B2OC(C)(C)C(C)(C)O2)cc1. The summed E-state index contributed by atoms with van der Waals surface area (Å²) >= 11 is 0. The fourth-order valence-electron chi connectivity index (χ4n) is 1.85. The number of rotatable bonds is 3. The first kappa shape index (κ1) is 13.6. The summed E-state index contributed by atoms with van der Waals surface area (Å²) in [6.07, 6.45) is 0. The first-order chi connectivity index (χ1) is 8.36. The number of quaternary nitrogens is 1. The van der Waals surface area contributed by atoms with Gasteiger partial charge in [-0.2, -0.15) is 5.48 Å². The largest absolute Gasteiger partial charge is 0.494 e. The Hall–Kier alpha value is -0.875. The van der Waals surface area contributed by atoms with Crippen molar-refractivity contribution in [2.24, 2.45) is 0 Å². The minimum absolute atomic E-state index is 0.297. The Morgan fingerprint density at radius 3 is 1.94 bits per heavy atom. The van der Waals surface area contributed by atoms with Crippen molar-refractivity contribution in [3.8, 4) is 0 Å². The lowest BCUT2D eigenvalue weighted by Crippen LogP contribution is -2.76. The third kappa shape index (κ3) is 2.45. The number of hydrogen-bond acceptors (Lipinski definition) is 3. The molecule has 1 fully saturated rings. The Morgan fingerprint density at radius 1 is 1.00 bits per heavy atom. The number of hydrogen-bond donors (Lipinski definition) is 1. The van der Waals surface area contributed by atoms with Crippen molar-refractivity contribution in [1.29, 1.82) is 0 Å². The van der Waals surface area contributed by atoms with E-state index < -0.39 is 0 Å². The minimum atomic E-state index is -0.299. The van der Waals surface area contributed by atoms with Crippen LogP contribution in [0, 0.1) is 0 Å². The van der Waals surface area contributed by atoms with E-state index >= 15 is 0 Å². The number of benzene rings is 1. The highest BCUT2D eigenvalue weighted by molar-refractivity contribution is 6.62. The van der Waals surface area contributed by atoms with Gasteiger partial charge in [-0.1, -0.05) is 12.1 Å². The van der Waals surface area contributed by atoms with Crippen LogP contribution in [-0.4, -0.2) is 25.4 Å². The van der Waals surface area contributed by atoms with Gasteiger partial charge in [-0.15, -0.1) is 0 Å². The van der Waals surface area contributed by atoms with E-state index in [1.165, 1.54) is 0 Å². The van der Waals surface area contributed by atoms with E-state index in [-0.39, 0.29) is 18.3 Å². The molecule has 18 heavy (non-hydrogen) atoms. The Balaban J connectivity index is 2.14. The molecular weight excluding hydrogens is 229 g/mol. The van der Waals surface area contributed by atoms with Crippen LogP contribution in [0.25, 0.3) is 0 Å². The highest BCUT2D eigenvalue weighted by Gasteiger charge is 2.51. The van der Waals surface area contributed by atoms with Crippen molar-refractivity contribution in [2.45, 2.75) is 38.9 Å². The second kappa shape index (κ2) is 4.66. The molecule has 1 saturated heterocycles. The molecule has 0 aromatic heterocycles. The van der Waals surface area contributed by atoms with Crippen LogP contribution in [0.2, 0.25) is 0 Å². The Bertz CT molecular complexity index is 401. The summed E-state index contributed by atoms with van der Waals surface area (Å²) in [5.74, 6) is 0. The molecule has 0 amide bonds. The molecule has 0 bridgehead atoms. The van der Waals surface area contributed by atoms with E-state index in [1.807, 2.05) is 24.3 Å². The standard InChI is InChI=1S/C13H20BNO3/c1-12(2)13(3,4)18-14(17-12)10-6-8-11(9-7-10)15-16-5/h6-9,15H,1-5H3/p+1. The lowest BCUT2D eigenvalue weighted by Gasteiger charge is -2.32. The van der Waals surface area contributed by atoms with Crippen LogP contribution in [0.15, 0.2) is 24.3 Å². The summed E-state index contributed by atoms with van der Waals surface area (Å²) < 4.78 is 12.0. The quantitative estimate of drug-likeness (QED) is 0.489. The van der Waals surface area contributed by atoms with Gasteiger partial charge in [0.05, 0.1) is 18.3 Å². The summed E-state index contributed by atoms with van der Waals surface area (Å²) in [7, 11) is 1.34. The molecule has 0 aliphatic carbocycles. The first-order valence-electron chi connectivity index (χ1n) is 6.17. The summed E-state index contributed by atoms with van der Waals surface area (Å²) in [6, 6.07) is 7.99. The third-order valence-corrected chi connectivity index (χ3v) is 3.72. The van der Waals surface area contributed by atoms with Crippen LogP contribution < -0.4 is 10.9 Å². The van der Waals surface area contributed by atoms with Crippen molar-refractivity contribution in [3.63, 3.8) is 0 Å². The molecule has 0 radical (unpaired) electrons. The van der Waals surface area contributed by atoms with Gasteiger partial charge in [0.1, 0.15) is 0 Å². The third-order valence-electron chi connectivity index (χ3n) is 3.72. The van der Waals surface area contributed by atoms with E-state index in [0.29, 0.717) is 0 Å². The van der Waals surface area contributed by atoms with Crippen LogP contribution in [0.5, 0.6) is 0 Å². The van der Waals surface area contributed by atoms with Crippen molar-refractivity contribution >= 4 is 18.3 Å². The maximum atomic E-state index is 5.99. The Kier molecular flexibility index (Phi) is 3.51. The molecule has 2 rings (SSSR count). The lowest BCUT2D eigenvalue weighted by molar-refractivity contribution is -0.830. The summed E-state index contributed by atoms with van der Waals surface area (Å²) in [5, 5.41) is 0. The fraction of sp³-hybridized carbons (Fsp3) is 0.538. The van der Waals surface area contributed by atoms with Gasteiger partial charge in [0, 0.05) is 12.1 Å². The van der Waals surface area contributed by atoms with Gasteiger partial charge in [0.25, 0.3) is 0 Å². The summed E-state index contributed by atoms with van der Waals surface area (Å²) in [5.41, 5.74) is 3.16. The molecule has 1 aromatic carbocycles. The van der Waals surface area contributed by atoms with E-state index in [9.17, 15) is 0 Å². The predicted octanol–water partition coefficient (Wildman–Crippen LogP) is 0.742. The van der Waals surface area contributed by atoms with Crippen LogP contribution in [0.1, 0.15) is 27.7 Å². The van der Waals surface area contributed by atoms with Crippen LogP contribution in [-0.2, 0) is 14.1 Å². The molecule has 0 unspecified atom stereocenters. The van der Waals surface area contributed by atoms with Crippen molar-refractivity contribution in [3.05, 3.63) is 24.3 Å². The van der Waals surface area contributed by atoms with E-state index in [2.05, 4.69) is 27.7 Å². The topological polar surface area (TPSA) is 44.3 Å². The molecule has 1 aliphatic heterocycles. The van der Waals surface area contributed by atoms with Gasteiger partial charge < -0.3 is 9.31 Å². The molecule has 1 heterocycles. The maximum Gasteiger partial charge on any atom is 0.494 e. The molecule has 0 atom stereocenters. The monoisotopic (exact) mass is 250 g/mol. The van der Waals surface area contributed by atoms with Gasteiger partial charge in [0.15, 0.2) is 5.69 Å². The highest BCUT2D eigenvalue weighted by atomic mass is 16.7. The number of nitrogens with two attached hydrogens (primary N) is 1. The van der Waals surface area contributed by atoms with Crippen LogP contribution in [0.3, 0.4) is 0 Å². The van der Waals surface area contributed by atoms with E-state index in [4.69, 9.17) is 14.1 Å². The van der Waals surface area contributed by atoms with Gasteiger partial charge in [-0.25, -0.2) is 4.84 Å². The Labute approximate surface area is 109 Å². The smallest absolute Gasteiger partial charge is 0.399 e. The molecule has 98 valence electrons. The maximum absolute atomic E-state index is 5.99. The molecule has 0 saturated carbocycles. The fourth-order valence-corrected chi connectivity index (χ4v) is 1.85. The van der Waals surface area contributed by atoms with E-state index in [1.54, 1.807) is 12.6 Å². The van der Waals surface area contributed by atoms with Gasteiger partial charge in [0.2, 0.25) is 0 Å². The molecule has 0 spiro atoms. The average Bonchev–Trinajstić information content (AvgIpc) is 2.50. The van der Waals surface area contributed by atoms with Crippen LogP contribution in [0.4, 0.5) is 5.69 Å². The Morgan fingerprint density at radius 2 is 1.50 bits per heavy atom. The summed E-state index contributed by atoms with van der Waals surface area (Å²) in [4.78, 5) is 4.97. The normalized spacial score (nSPS) is 21.3. The predicted molar refractivity (Wildman–Crippen MR) is 70.8 cm³/mol. The zero-order valence-electron chi connectivity index (χ0n) is 11.7. The molecular formula is C13H21BNO3+. The second-order valence-corrected chi connectivity index (χ2v) is 5.61. The van der Waals surface area contributed by atoms with Gasteiger partial charge in [-0.05, 0) is 33.2 Å².